The van der Waals surface area contributed by atoms with Crippen molar-refractivity contribution in [2.24, 2.45) is 11.3 Å². The van der Waals surface area contributed by atoms with Gasteiger partial charge in [-0.05, 0) is 74.1 Å². The molecule has 2 aliphatic carbocycles. The Morgan fingerprint density at radius 3 is 2.48 bits per heavy atom. The number of aryl methyl sites for hydroxylation is 1. The van der Waals surface area contributed by atoms with Crippen LogP contribution in [-0.2, 0) is 21.4 Å². The van der Waals surface area contributed by atoms with Crippen LogP contribution in [0.25, 0.3) is 0 Å². The molecule has 25 heavy (non-hydrogen) atoms. The van der Waals surface area contributed by atoms with Gasteiger partial charge in [-0.15, -0.1) is 0 Å². The fourth-order valence-corrected chi connectivity index (χ4v) is 5.42. The summed E-state index contributed by atoms with van der Waals surface area (Å²) in [6, 6.07) is 4.04. The van der Waals surface area contributed by atoms with Gasteiger partial charge in [0.1, 0.15) is 5.75 Å². The minimum atomic E-state index is -0.452. The lowest BCUT2D eigenvalue weighted by Gasteiger charge is -2.54. The number of rotatable bonds is 3. The highest BCUT2D eigenvalue weighted by Gasteiger charge is 2.55. The van der Waals surface area contributed by atoms with E-state index in [1.54, 1.807) is 14.0 Å². The minimum absolute atomic E-state index is 0.0231. The molecule has 2 aliphatic rings. The monoisotopic (exact) mass is 344 g/mol. The highest BCUT2D eigenvalue weighted by Crippen LogP contribution is 2.58. The van der Waals surface area contributed by atoms with Crippen molar-refractivity contribution in [1.29, 1.82) is 0 Å². The summed E-state index contributed by atoms with van der Waals surface area (Å²) in [5.74, 6) is 0.800. The van der Waals surface area contributed by atoms with Crippen molar-refractivity contribution in [1.82, 2.24) is 0 Å². The van der Waals surface area contributed by atoms with Gasteiger partial charge in [-0.25, -0.2) is 0 Å². The van der Waals surface area contributed by atoms with Crippen LogP contribution in [0.1, 0.15) is 67.9 Å². The van der Waals surface area contributed by atoms with Crippen molar-refractivity contribution in [3.05, 3.63) is 28.8 Å². The number of ether oxygens (including phenoxy) is 2. The molecule has 1 fully saturated rings. The number of hydrogen-bond acceptors (Lipinski definition) is 4. The van der Waals surface area contributed by atoms with Crippen LogP contribution in [0.2, 0.25) is 0 Å². The molecule has 1 saturated carbocycles. The van der Waals surface area contributed by atoms with Gasteiger partial charge in [0, 0.05) is 0 Å². The molecule has 1 aromatic carbocycles. The molecule has 4 heteroatoms. The van der Waals surface area contributed by atoms with E-state index in [0.29, 0.717) is 11.3 Å². The summed E-state index contributed by atoms with van der Waals surface area (Å²) in [6.45, 7) is 5.91. The maximum absolute atomic E-state index is 12.6. The van der Waals surface area contributed by atoms with E-state index in [2.05, 4.69) is 13.8 Å². The van der Waals surface area contributed by atoms with E-state index in [4.69, 9.17) is 9.47 Å². The molecule has 0 spiro atoms. The standard InChI is InChI=1S/C21H28O4/c1-13(22)15-11-14-7-8-18-20(2,16(14)12-17(15)24-4)9-6-10-21(18,3)19(23)25-5/h11-12,18H,6-10H2,1-5H3/t18-,20-,21-/m1/s1. The van der Waals surface area contributed by atoms with Crippen molar-refractivity contribution < 1.29 is 19.1 Å². The molecule has 4 nitrogen and oxygen atoms in total. The molecule has 0 saturated heterocycles. The lowest BCUT2D eigenvalue weighted by Crippen LogP contribution is -2.52. The van der Waals surface area contributed by atoms with Crippen molar-refractivity contribution in [3.8, 4) is 5.75 Å². The van der Waals surface area contributed by atoms with E-state index in [9.17, 15) is 9.59 Å². The Hall–Kier alpha value is -1.84. The Morgan fingerprint density at radius 1 is 1.16 bits per heavy atom. The minimum Gasteiger partial charge on any atom is -0.496 e. The molecule has 0 heterocycles. The van der Waals surface area contributed by atoms with Gasteiger partial charge in [0.15, 0.2) is 5.78 Å². The first-order valence-corrected chi connectivity index (χ1v) is 9.08. The smallest absolute Gasteiger partial charge is 0.311 e. The third-order valence-electron chi connectivity index (χ3n) is 6.70. The summed E-state index contributed by atoms with van der Waals surface area (Å²) in [4.78, 5) is 24.5. The fraction of sp³-hybridized carbons (Fsp3) is 0.619. The van der Waals surface area contributed by atoms with Crippen LogP contribution >= 0.6 is 0 Å². The largest absolute Gasteiger partial charge is 0.496 e. The van der Waals surface area contributed by atoms with Crippen LogP contribution in [-0.4, -0.2) is 26.0 Å². The van der Waals surface area contributed by atoms with Gasteiger partial charge in [0.05, 0.1) is 25.2 Å². The van der Waals surface area contributed by atoms with Gasteiger partial charge >= 0.3 is 5.97 Å². The first kappa shape index (κ1) is 18.0. The number of hydrogen-bond donors (Lipinski definition) is 0. The Bertz CT molecular complexity index is 723. The highest BCUT2D eigenvalue weighted by atomic mass is 16.5. The van der Waals surface area contributed by atoms with E-state index in [1.807, 2.05) is 12.1 Å². The van der Waals surface area contributed by atoms with Gasteiger partial charge < -0.3 is 9.47 Å². The zero-order chi connectivity index (χ0) is 18.4. The second kappa shape index (κ2) is 6.15. The van der Waals surface area contributed by atoms with Crippen molar-refractivity contribution in [3.63, 3.8) is 0 Å². The molecular weight excluding hydrogens is 316 g/mol. The number of carbonyl (C=O) groups excluding carboxylic acids is 2. The van der Waals surface area contributed by atoms with E-state index in [1.165, 1.54) is 18.2 Å². The zero-order valence-electron chi connectivity index (χ0n) is 15.9. The number of benzene rings is 1. The van der Waals surface area contributed by atoms with Gasteiger partial charge in [-0.1, -0.05) is 13.3 Å². The number of Topliss-reactive ketones (excluding diaryl/α,β-unsaturated/α-hetero) is 1. The van der Waals surface area contributed by atoms with Crippen LogP contribution in [0, 0.1) is 11.3 Å². The normalized spacial score (nSPS) is 30.8. The van der Waals surface area contributed by atoms with Crippen molar-refractivity contribution in [2.45, 2.75) is 58.3 Å². The van der Waals surface area contributed by atoms with Gasteiger partial charge in [0.2, 0.25) is 0 Å². The quantitative estimate of drug-likeness (QED) is 0.612. The van der Waals surface area contributed by atoms with Crippen LogP contribution in [0.5, 0.6) is 5.75 Å². The summed E-state index contributed by atoms with van der Waals surface area (Å²) >= 11 is 0. The molecule has 0 aliphatic heterocycles. The SMILES string of the molecule is COC(=O)[C@]1(C)CCC[C@]2(C)c3cc(OC)c(C(C)=O)cc3CC[C@@H]12. The van der Waals surface area contributed by atoms with Crippen LogP contribution in [0.15, 0.2) is 12.1 Å². The number of esters is 1. The summed E-state index contributed by atoms with van der Waals surface area (Å²) in [5.41, 5.74) is 2.55. The molecule has 0 aromatic heterocycles. The first-order chi connectivity index (χ1) is 11.8. The Labute approximate surface area is 149 Å². The molecule has 0 unspecified atom stereocenters. The number of fused-ring (bicyclic) bond motifs is 3. The van der Waals surface area contributed by atoms with Gasteiger partial charge in [-0.2, -0.15) is 0 Å². The second-order valence-electron chi connectivity index (χ2n) is 8.04. The van der Waals surface area contributed by atoms with E-state index in [0.717, 1.165) is 32.1 Å². The number of ketones is 1. The average Bonchev–Trinajstić information content (AvgIpc) is 2.59. The lowest BCUT2D eigenvalue weighted by molar-refractivity contribution is -0.161. The predicted molar refractivity (Wildman–Crippen MR) is 96.1 cm³/mol. The molecular formula is C21H28O4. The maximum Gasteiger partial charge on any atom is 0.311 e. The lowest BCUT2D eigenvalue weighted by atomic mass is 9.49. The van der Waals surface area contributed by atoms with Crippen molar-refractivity contribution >= 4 is 11.8 Å². The third kappa shape index (κ3) is 2.57. The molecule has 1 aromatic rings. The Balaban J connectivity index is 2.14. The summed E-state index contributed by atoms with van der Waals surface area (Å²) < 4.78 is 10.7. The molecule has 0 N–H and O–H groups in total. The maximum atomic E-state index is 12.6. The van der Waals surface area contributed by atoms with E-state index in [-0.39, 0.29) is 23.1 Å². The number of methoxy groups -OCH3 is 2. The zero-order valence-corrected chi connectivity index (χ0v) is 15.9. The van der Waals surface area contributed by atoms with Crippen LogP contribution < -0.4 is 4.74 Å². The van der Waals surface area contributed by atoms with Crippen LogP contribution in [0.3, 0.4) is 0 Å². The van der Waals surface area contributed by atoms with Crippen molar-refractivity contribution in [2.75, 3.05) is 14.2 Å². The third-order valence-corrected chi connectivity index (χ3v) is 6.70. The Kier molecular flexibility index (Phi) is 4.42. The summed E-state index contributed by atoms with van der Waals surface area (Å²) in [7, 11) is 3.09. The van der Waals surface area contributed by atoms with Gasteiger partial charge in [-0.3, -0.25) is 9.59 Å². The van der Waals surface area contributed by atoms with Gasteiger partial charge in [0.25, 0.3) is 0 Å². The molecule has 3 atom stereocenters. The molecule has 0 radical (unpaired) electrons. The molecule has 0 amide bonds. The summed E-state index contributed by atoms with van der Waals surface area (Å²) in [6.07, 6.45) is 4.73. The fourth-order valence-electron chi connectivity index (χ4n) is 5.42. The number of carbonyl (C=O) groups is 2. The molecule has 0 bridgehead atoms. The topological polar surface area (TPSA) is 52.6 Å². The second-order valence-corrected chi connectivity index (χ2v) is 8.04. The molecule has 3 rings (SSSR count). The molecule has 136 valence electrons. The highest BCUT2D eigenvalue weighted by molar-refractivity contribution is 5.97. The summed E-state index contributed by atoms with van der Waals surface area (Å²) in [5, 5.41) is 0. The van der Waals surface area contributed by atoms with Crippen LogP contribution in [0.4, 0.5) is 0 Å². The predicted octanol–water partition coefficient (Wildman–Crippen LogP) is 4.08. The first-order valence-electron chi connectivity index (χ1n) is 9.08. The Morgan fingerprint density at radius 2 is 1.88 bits per heavy atom. The van der Waals surface area contributed by atoms with E-state index >= 15 is 0 Å². The average molecular weight is 344 g/mol. The van der Waals surface area contributed by atoms with E-state index < -0.39 is 5.41 Å².